The van der Waals surface area contributed by atoms with Crippen LogP contribution >= 0.6 is 11.6 Å². The molecule has 18 heavy (non-hydrogen) atoms. The van der Waals surface area contributed by atoms with Crippen LogP contribution in [0.2, 0.25) is 0 Å². The number of rotatable bonds is 4. The molecule has 0 aliphatic heterocycles. The Labute approximate surface area is 111 Å². The number of hydrogen-bond donors (Lipinski definition) is 1. The van der Waals surface area contributed by atoms with Gasteiger partial charge in [0.1, 0.15) is 5.38 Å². The number of alkyl halides is 1. The summed E-state index contributed by atoms with van der Waals surface area (Å²) in [6.07, 6.45) is 0. The number of ether oxygens (including phenoxy) is 1. The van der Waals surface area contributed by atoms with Gasteiger partial charge in [-0.3, -0.25) is 9.59 Å². The minimum absolute atomic E-state index is 0.0420. The van der Waals surface area contributed by atoms with E-state index in [0.717, 1.165) is 11.1 Å². The van der Waals surface area contributed by atoms with Gasteiger partial charge in [-0.15, -0.1) is 11.6 Å². The molecule has 1 amide bonds. The Bertz CT molecular complexity index is 460. The number of methoxy groups -OCH3 is 1. The van der Waals surface area contributed by atoms with Crippen molar-refractivity contribution in [2.75, 3.05) is 13.7 Å². The zero-order chi connectivity index (χ0) is 13.7. The standard InChI is InChI=1S/C13H16ClNO3/c1-8-4-5-10(9(2)6-8)12(16)15-7-11(14)13(17)18-3/h4-6,11H,7H2,1-3H3,(H,15,16). The highest BCUT2D eigenvalue weighted by atomic mass is 35.5. The van der Waals surface area contributed by atoms with Crippen LogP contribution in [0.15, 0.2) is 18.2 Å². The van der Waals surface area contributed by atoms with Crippen LogP contribution in [0, 0.1) is 13.8 Å². The molecule has 0 aliphatic carbocycles. The first kappa shape index (κ1) is 14.5. The summed E-state index contributed by atoms with van der Waals surface area (Å²) in [5.41, 5.74) is 2.56. The molecule has 0 heterocycles. The van der Waals surface area contributed by atoms with Crippen molar-refractivity contribution >= 4 is 23.5 Å². The number of halogens is 1. The van der Waals surface area contributed by atoms with Crippen LogP contribution in [0.3, 0.4) is 0 Å². The molecule has 1 atom stereocenters. The third-order valence-corrected chi connectivity index (χ3v) is 2.86. The second-order valence-electron chi connectivity index (χ2n) is 4.02. The van der Waals surface area contributed by atoms with Gasteiger partial charge in [-0.25, -0.2) is 0 Å². The number of carbonyl (C=O) groups is 2. The van der Waals surface area contributed by atoms with E-state index in [1.165, 1.54) is 7.11 Å². The summed E-state index contributed by atoms with van der Waals surface area (Å²) in [7, 11) is 1.25. The lowest BCUT2D eigenvalue weighted by Gasteiger charge is -2.10. The van der Waals surface area contributed by atoms with Crippen molar-refractivity contribution in [2.45, 2.75) is 19.2 Å². The zero-order valence-corrected chi connectivity index (χ0v) is 11.4. The number of carbonyl (C=O) groups excluding carboxylic acids is 2. The zero-order valence-electron chi connectivity index (χ0n) is 10.6. The molecule has 98 valence electrons. The van der Waals surface area contributed by atoms with Crippen molar-refractivity contribution in [1.82, 2.24) is 5.32 Å². The normalized spacial score (nSPS) is 11.8. The predicted octanol–water partition coefficient (Wildman–Crippen LogP) is 1.81. The van der Waals surface area contributed by atoms with Crippen molar-refractivity contribution in [1.29, 1.82) is 0 Å². The van der Waals surface area contributed by atoms with Gasteiger partial charge in [0.15, 0.2) is 0 Å². The third kappa shape index (κ3) is 3.74. The van der Waals surface area contributed by atoms with Crippen LogP contribution < -0.4 is 5.32 Å². The topological polar surface area (TPSA) is 55.4 Å². The molecule has 0 aromatic heterocycles. The predicted molar refractivity (Wildman–Crippen MR) is 69.9 cm³/mol. The molecule has 0 bridgehead atoms. The average Bonchev–Trinajstić information content (AvgIpc) is 2.34. The fraction of sp³-hybridized carbons (Fsp3) is 0.385. The minimum atomic E-state index is -0.871. The maximum absolute atomic E-state index is 11.9. The molecule has 1 rings (SSSR count). The monoisotopic (exact) mass is 269 g/mol. The number of nitrogens with one attached hydrogen (secondary N) is 1. The van der Waals surface area contributed by atoms with E-state index in [1.54, 1.807) is 6.07 Å². The lowest BCUT2D eigenvalue weighted by Crippen LogP contribution is -2.34. The molecular weight excluding hydrogens is 254 g/mol. The van der Waals surface area contributed by atoms with Crippen molar-refractivity contribution < 1.29 is 14.3 Å². The van der Waals surface area contributed by atoms with Crippen LogP contribution in [-0.4, -0.2) is 30.9 Å². The summed E-state index contributed by atoms with van der Waals surface area (Å²) in [6, 6.07) is 5.54. The van der Waals surface area contributed by atoms with Crippen LogP contribution in [0.5, 0.6) is 0 Å². The van der Waals surface area contributed by atoms with Crippen molar-refractivity contribution in [2.24, 2.45) is 0 Å². The molecule has 5 heteroatoms. The van der Waals surface area contributed by atoms with Gasteiger partial charge in [-0.2, -0.15) is 0 Å². The average molecular weight is 270 g/mol. The second kappa shape index (κ2) is 6.40. The molecule has 0 saturated carbocycles. The Kier molecular flexibility index (Phi) is 5.16. The quantitative estimate of drug-likeness (QED) is 0.670. The van der Waals surface area contributed by atoms with Crippen molar-refractivity contribution in [3.05, 3.63) is 34.9 Å². The Morgan fingerprint density at radius 2 is 2.06 bits per heavy atom. The fourth-order valence-corrected chi connectivity index (χ4v) is 1.72. The molecule has 0 radical (unpaired) electrons. The Morgan fingerprint density at radius 1 is 1.39 bits per heavy atom. The third-order valence-electron chi connectivity index (χ3n) is 2.53. The van der Waals surface area contributed by atoms with Gasteiger partial charge in [0.25, 0.3) is 5.91 Å². The number of aryl methyl sites for hydroxylation is 2. The molecule has 0 aliphatic rings. The van der Waals surface area contributed by atoms with E-state index < -0.39 is 11.3 Å². The highest BCUT2D eigenvalue weighted by Gasteiger charge is 2.17. The van der Waals surface area contributed by atoms with Crippen LogP contribution in [0.25, 0.3) is 0 Å². The van der Waals surface area contributed by atoms with E-state index in [2.05, 4.69) is 10.1 Å². The minimum Gasteiger partial charge on any atom is -0.468 e. The van der Waals surface area contributed by atoms with Crippen molar-refractivity contribution in [3.8, 4) is 0 Å². The van der Waals surface area contributed by atoms with Gasteiger partial charge in [0.2, 0.25) is 0 Å². The van der Waals surface area contributed by atoms with Gasteiger partial charge in [-0.1, -0.05) is 17.7 Å². The Morgan fingerprint density at radius 3 is 2.61 bits per heavy atom. The van der Waals surface area contributed by atoms with E-state index in [4.69, 9.17) is 11.6 Å². The molecule has 0 spiro atoms. The molecule has 1 unspecified atom stereocenters. The summed E-state index contributed by atoms with van der Waals surface area (Å²) in [4.78, 5) is 22.9. The second-order valence-corrected chi connectivity index (χ2v) is 4.55. The smallest absolute Gasteiger partial charge is 0.325 e. The summed E-state index contributed by atoms with van der Waals surface area (Å²) in [5.74, 6) is -0.806. The first-order valence-electron chi connectivity index (χ1n) is 5.53. The lowest BCUT2D eigenvalue weighted by atomic mass is 10.1. The maximum Gasteiger partial charge on any atom is 0.325 e. The molecule has 0 fully saturated rings. The highest BCUT2D eigenvalue weighted by Crippen LogP contribution is 2.10. The van der Waals surface area contributed by atoms with Crippen molar-refractivity contribution in [3.63, 3.8) is 0 Å². The first-order valence-corrected chi connectivity index (χ1v) is 5.96. The number of amides is 1. The number of hydrogen-bond acceptors (Lipinski definition) is 3. The first-order chi connectivity index (χ1) is 8.45. The van der Waals surface area contributed by atoms with E-state index in [0.29, 0.717) is 5.56 Å². The lowest BCUT2D eigenvalue weighted by molar-refractivity contribution is -0.140. The number of benzene rings is 1. The van der Waals surface area contributed by atoms with Gasteiger partial charge in [0.05, 0.1) is 7.11 Å². The summed E-state index contributed by atoms with van der Waals surface area (Å²) in [5, 5.41) is 1.73. The van der Waals surface area contributed by atoms with Crippen LogP contribution in [0.1, 0.15) is 21.5 Å². The molecule has 1 N–H and O–H groups in total. The van der Waals surface area contributed by atoms with E-state index in [1.807, 2.05) is 26.0 Å². The maximum atomic E-state index is 11.9. The van der Waals surface area contributed by atoms with E-state index in [9.17, 15) is 9.59 Å². The van der Waals surface area contributed by atoms with Crippen LogP contribution in [0.4, 0.5) is 0 Å². The summed E-state index contributed by atoms with van der Waals surface area (Å²) in [6.45, 7) is 3.86. The van der Waals surface area contributed by atoms with E-state index in [-0.39, 0.29) is 12.5 Å². The van der Waals surface area contributed by atoms with Gasteiger partial charge < -0.3 is 10.1 Å². The largest absolute Gasteiger partial charge is 0.468 e. The summed E-state index contributed by atoms with van der Waals surface area (Å²) < 4.78 is 4.47. The van der Waals surface area contributed by atoms with E-state index >= 15 is 0 Å². The molecular formula is C13H16ClNO3. The van der Waals surface area contributed by atoms with Crippen LogP contribution in [-0.2, 0) is 9.53 Å². The SMILES string of the molecule is COC(=O)C(Cl)CNC(=O)c1ccc(C)cc1C. The Hall–Kier alpha value is -1.55. The van der Waals surface area contributed by atoms with Gasteiger partial charge >= 0.3 is 5.97 Å². The number of esters is 1. The molecule has 4 nitrogen and oxygen atoms in total. The molecule has 1 aromatic carbocycles. The molecule has 1 aromatic rings. The fourth-order valence-electron chi connectivity index (χ4n) is 1.56. The van der Waals surface area contributed by atoms with Gasteiger partial charge in [0, 0.05) is 12.1 Å². The highest BCUT2D eigenvalue weighted by molar-refractivity contribution is 6.30. The Balaban J connectivity index is 2.63. The summed E-state index contributed by atoms with van der Waals surface area (Å²) >= 11 is 5.74. The van der Waals surface area contributed by atoms with Gasteiger partial charge in [-0.05, 0) is 25.5 Å². The molecule has 0 saturated heterocycles.